The molecule has 0 radical (unpaired) electrons. The van der Waals surface area contributed by atoms with Crippen LogP contribution in [0.1, 0.15) is 40.3 Å². The Morgan fingerprint density at radius 2 is 1.80 bits per heavy atom. The van der Waals surface area contributed by atoms with Crippen LogP contribution >= 0.6 is 11.6 Å². The molecule has 0 aliphatic carbocycles. The predicted octanol–water partition coefficient (Wildman–Crippen LogP) is 5.44. The van der Waals surface area contributed by atoms with Crippen LogP contribution in [0.3, 0.4) is 0 Å². The zero-order valence-corrected chi connectivity index (χ0v) is 20.8. The Morgan fingerprint density at radius 1 is 1.09 bits per heavy atom. The van der Waals surface area contributed by atoms with E-state index >= 15 is 0 Å². The summed E-state index contributed by atoms with van der Waals surface area (Å²) in [5, 5.41) is 6.47. The van der Waals surface area contributed by atoms with Gasteiger partial charge >= 0.3 is 0 Å². The number of fused-ring (bicyclic) bond motifs is 1. The van der Waals surface area contributed by atoms with Crippen molar-refractivity contribution in [2.75, 3.05) is 12.4 Å². The Morgan fingerprint density at radius 3 is 2.51 bits per heavy atom. The third-order valence-electron chi connectivity index (χ3n) is 5.79. The molecule has 4 aromatic rings. The maximum absolute atomic E-state index is 13.1. The molecular formula is C27H27ClN4O3. The molecule has 0 saturated heterocycles. The number of hydrogen-bond donors (Lipinski definition) is 2. The minimum Gasteiger partial charge on any atom is -0.495 e. The Balaban J connectivity index is 1.60. The van der Waals surface area contributed by atoms with Gasteiger partial charge in [-0.25, -0.2) is 4.98 Å². The number of rotatable bonds is 7. The summed E-state index contributed by atoms with van der Waals surface area (Å²) in [6.07, 6.45) is 0. The largest absolute Gasteiger partial charge is 0.495 e. The monoisotopic (exact) mass is 490 g/mol. The molecule has 1 aromatic heterocycles. The van der Waals surface area contributed by atoms with Gasteiger partial charge in [0.2, 0.25) is 5.91 Å². The van der Waals surface area contributed by atoms with Crippen LogP contribution in [0.15, 0.2) is 60.7 Å². The molecule has 3 aromatic carbocycles. The first-order chi connectivity index (χ1) is 16.8. The van der Waals surface area contributed by atoms with Gasteiger partial charge in [0.1, 0.15) is 18.1 Å². The third kappa shape index (κ3) is 5.30. The first kappa shape index (κ1) is 24.3. The molecule has 4 rings (SSSR count). The lowest BCUT2D eigenvalue weighted by Crippen LogP contribution is -2.30. The molecule has 1 atom stereocenters. The van der Waals surface area contributed by atoms with Crippen LogP contribution in [-0.4, -0.2) is 28.5 Å². The number of methoxy groups -OCH3 is 1. The van der Waals surface area contributed by atoms with Gasteiger partial charge in [-0.3, -0.25) is 9.59 Å². The fourth-order valence-electron chi connectivity index (χ4n) is 3.90. The lowest BCUT2D eigenvalue weighted by atomic mass is 10.1. The molecule has 0 saturated carbocycles. The highest BCUT2D eigenvalue weighted by atomic mass is 35.5. The number of imidazole rings is 1. The number of benzene rings is 3. The van der Waals surface area contributed by atoms with E-state index in [1.807, 2.05) is 61.7 Å². The van der Waals surface area contributed by atoms with Crippen LogP contribution in [0, 0.1) is 13.8 Å². The average molecular weight is 491 g/mol. The van der Waals surface area contributed by atoms with Crippen molar-refractivity contribution in [2.45, 2.75) is 33.4 Å². The van der Waals surface area contributed by atoms with E-state index in [1.54, 1.807) is 24.3 Å². The molecule has 8 heteroatoms. The van der Waals surface area contributed by atoms with Crippen LogP contribution in [0.2, 0.25) is 5.02 Å². The molecule has 0 spiro atoms. The molecule has 180 valence electrons. The maximum Gasteiger partial charge on any atom is 0.251 e. The number of aryl methyl sites for hydroxylation is 2. The number of para-hydroxylation sites is 2. The fraction of sp³-hybridized carbons (Fsp3) is 0.222. The van der Waals surface area contributed by atoms with E-state index in [9.17, 15) is 9.59 Å². The van der Waals surface area contributed by atoms with Crippen molar-refractivity contribution < 1.29 is 14.3 Å². The number of amides is 2. The quantitative estimate of drug-likeness (QED) is 0.361. The molecule has 1 heterocycles. The molecule has 1 unspecified atom stereocenters. The Hall–Kier alpha value is -3.84. The van der Waals surface area contributed by atoms with Crippen molar-refractivity contribution in [3.8, 4) is 5.75 Å². The summed E-state index contributed by atoms with van der Waals surface area (Å²) in [6.45, 7) is 5.69. The lowest BCUT2D eigenvalue weighted by molar-refractivity contribution is -0.116. The minimum absolute atomic E-state index is 0.00537. The third-order valence-corrected chi connectivity index (χ3v) is 6.20. The van der Waals surface area contributed by atoms with Crippen LogP contribution in [-0.2, 0) is 11.3 Å². The second-order valence-corrected chi connectivity index (χ2v) is 8.86. The summed E-state index contributed by atoms with van der Waals surface area (Å²) in [5.41, 5.74) is 4.54. The van der Waals surface area contributed by atoms with Gasteiger partial charge in [0.15, 0.2) is 0 Å². The zero-order chi connectivity index (χ0) is 25.1. The number of carbonyl (C=O) groups is 2. The standard InChI is InChI=1S/C27H27ClN4O3/c1-16-9-11-19(12-10-16)27(34)29-18(3)26-31-21-7-5-6-8-23(21)32(26)15-25(33)30-22-13-17(2)20(28)14-24(22)35-4/h5-14,18H,15H2,1-4H3,(H,29,34)(H,30,33). The van der Waals surface area contributed by atoms with E-state index in [0.717, 1.165) is 22.2 Å². The van der Waals surface area contributed by atoms with Crippen molar-refractivity contribution in [3.05, 3.63) is 88.2 Å². The second kappa shape index (κ2) is 10.2. The summed E-state index contributed by atoms with van der Waals surface area (Å²) in [5.74, 6) is 0.595. The first-order valence-electron chi connectivity index (χ1n) is 11.2. The molecular weight excluding hydrogens is 464 g/mol. The molecule has 0 aliphatic heterocycles. The maximum atomic E-state index is 13.1. The van der Waals surface area contributed by atoms with Gasteiger partial charge in [-0.05, 0) is 56.7 Å². The van der Waals surface area contributed by atoms with Gasteiger partial charge in [-0.15, -0.1) is 0 Å². The van der Waals surface area contributed by atoms with E-state index < -0.39 is 6.04 Å². The number of nitrogens with zero attached hydrogens (tertiary/aromatic N) is 2. The molecule has 2 amide bonds. The van der Waals surface area contributed by atoms with Gasteiger partial charge < -0.3 is 19.9 Å². The number of nitrogens with one attached hydrogen (secondary N) is 2. The highest BCUT2D eigenvalue weighted by molar-refractivity contribution is 6.31. The smallest absolute Gasteiger partial charge is 0.251 e. The van der Waals surface area contributed by atoms with Gasteiger partial charge in [0, 0.05) is 16.7 Å². The summed E-state index contributed by atoms with van der Waals surface area (Å²) in [7, 11) is 1.52. The topological polar surface area (TPSA) is 85.2 Å². The Labute approximate surface area is 209 Å². The first-order valence-corrected chi connectivity index (χ1v) is 11.6. The van der Waals surface area contributed by atoms with Crippen LogP contribution < -0.4 is 15.4 Å². The van der Waals surface area contributed by atoms with Crippen molar-refractivity contribution in [1.29, 1.82) is 0 Å². The highest BCUT2D eigenvalue weighted by Gasteiger charge is 2.21. The van der Waals surface area contributed by atoms with Crippen LogP contribution in [0.25, 0.3) is 11.0 Å². The van der Waals surface area contributed by atoms with Crippen molar-refractivity contribution in [3.63, 3.8) is 0 Å². The SMILES string of the molecule is COc1cc(Cl)c(C)cc1NC(=O)Cn1c(C(C)NC(=O)c2ccc(C)cc2)nc2ccccc21. The molecule has 7 nitrogen and oxygen atoms in total. The number of anilines is 1. The Bertz CT molecular complexity index is 1400. The minimum atomic E-state index is -0.434. The summed E-state index contributed by atoms with van der Waals surface area (Å²) < 4.78 is 7.20. The van der Waals surface area contributed by atoms with Crippen molar-refractivity contribution in [2.24, 2.45) is 0 Å². The number of halogens is 1. The second-order valence-electron chi connectivity index (χ2n) is 8.46. The highest BCUT2D eigenvalue weighted by Crippen LogP contribution is 2.31. The summed E-state index contributed by atoms with van der Waals surface area (Å²) >= 11 is 6.19. The van der Waals surface area contributed by atoms with E-state index in [0.29, 0.717) is 27.8 Å². The van der Waals surface area contributed by atoms with Gasteiger partial charge in [0.25, 0.3) is 5.91 Å². The summed E-state index contributed by atoms with van der Waals surface area (Å²) in [4.78, 5) is 30.6. The molecule has 0 bridgehead atoms. The van der Waals surface area contributed by atoms with Gasteiger partial charge in [-0.1, -0.05) is 41.4 Å². The normalized spacial score (nSPS) is 11.8. The molecule has 0 fully saturated rings. The van der Waals surface area contributed by atoms with E-state index in [-0.39, 0.29) is 18.4 Å². The van der Waals surface area contributed by atoms with Gasteiger partial charge in [0.05, 0.1) is 29.9 Å². The summed E-state index contributed by atoms with van der Waals surface area (Å²) in [6, 6.07) is 17.9. The number of ether oxygens (including phenoxy) is 1. The van der Waals surface area contributed by atoms with E-state index in [4.69, 9.17) is 21.3 Å². The van der Waals surface area contributed by atoms with Crippen LogP contribution in [0.4, 0.5) is 5.69 Å². The number of hydrogen-bond acceptors (Lipinski definition) is 4. The van der Waals surface area contributed by atoms with Crippen molar-refractivity contribution >= 4 is 40.1 Å². The molecule has 35 heavy (non-hydrogen) atoms. The number of aromatic nitrogens is 2. The molecule has 2 N–H and O–H groups in total. The van der Waals surface area contributed by atoms with E-state index in [1.165, 1.54) is 7.11 Å². The Kier molecular flexibility index (Phi) is 7.07. The zero-order valence-electron chi connectivity index (χ0n) is 20.1. The van der Waals surface area contributed by atoms with Gasteiger partial charge in [-0.2, -0.15) is 0 Å². The lowest BCUT2D eigenvalue weighted by Gasteiger charge is -2.17. The van der Waals surface area contributed by atoms with E-state index in [2.05, 4.69) is 10.6 Å². The average Bonchev–Trinajstić information content (AvgIpc) is 3.20. The van der Waals surface area contributed by atoms with Crippen LogP contribution in [0.5, 0.6) is 5.75 Å². The fourth-order valence-corrected chi connectivity index (χ4v) is 4.06. The van der Waals surface area contributed by atoms with Crippen molar-refractivity contribution in [1.82, 2.24) is 14.9 Å². The number of carbonyl (C=O) groups excluding carboxylic acids is 2. The predicted molar refractivity (Wildman–Crippen MR) is 138 cm³/mol. The molecule has 0 aliphatic rings.